The van der Waals surface area contributed by atoms with Gasteiger partial charge < -0.3 is 10.4 Å². The summed E-state index contributed by atoms with van der Waals surface area (Å²) in [6.07, 6.45) is 3.89. The van der Waals surface area contributed by atoms with Crippen LogP contribution in [-0.4, -0.2) is 23.3 Å². The van der Waals surface area contributed by atoms with Gasteiger partial charge in [0.05, 0.1) is 5.60 Å². The molecule has 12 heavy (non-hydrogen) atoms. The van der Waals surface area contributed by atoms with E-state index in [9.17, 15) is 5.11 Å². The zero-order chi connectivity index (χ0) is 9.19. The Morgan fingerprint density at radius 1 is 1.42 bits per heavy atom. The maximum Gasteiger partial charge on any atom is 0.0715 e. The van der Waals surface area contributed by atoms with Gasteiger partial charge >= 0.3 is 0 Å². The van der Waals surface area contributed by atoms with Gasteiger partial charge in [-0.3, -0.25) is 0 Å². The van der Waals surface area contributed by atoms with E-state index in [2.05, 4.69) is 12.2 Å². The summed E-state index contributed by atoms with van der Waals surface area (Å²) in [5.41, 5.74) is -0.564. The van der Waals surface area contributed by atoms with Crippen molar-refractivity contribution in [2.45, 2.75) is 51.7 Å². The third kappa shape index (κ3) is 3.55. The fraction of sp³-hybridized carbons (Fsp3) is 1.00. The van der Waals surface area contributed by atoms with E-state index in [0.717, 1.165) is 5.92 Å². The molecule has 2 nitrogen and oxygen atoms in total. The number of hydrogen-bond donors (Lipinski definition) is 2. The van der Waals surface area contributed by atoms with Crippen molar-refractivity contribution >= 4 is 0 Å². The van der Waals surface area contributed by atoms with Crippen LogP contribution in [0.15, 0.2) is 0 Å². The highest BCUT2D eigenvalue weighted by Crippen LogP contribution is 2.24. The first-order chi connectivity index (χ1) is 5.47. The normalized spacial score (nSPS) is 31.0. The summed E-state index contributed by atoms with van der Waals surface area (Å²) in [5.74, 6) is 0.865. The standard InChI is InChI=1S/C10H21NO/c1-8-4-5-9(6-8)11-7-10(2,3)12/h8-9,11-12H,4-7H2,1-3H3/t8-,9-/m1/s1. The van der Waals surface area contributed by atoms with Gasteiger partial charge in [-0.1, -0.05) is 6.92 Å². The zero-order valence-corrected chi connectivity index (χ0v) is 8.43. The summed E-state index contributed by atoms with van der Waals surface area (Å²) >= 11 is 0. The second-order valence-corrected chi connectivity index (χ2v) is 4.81. The molecule has 0 radical (unpaired) electrons. The second kappa shape index (κ2) is 3.75. The van der Waals surface area contributed by atoms with Crippen LogP contribution in [0, 0.1) is 5.92 Å². The van der Waals surface area contributed by atoms with Gasteiger partial charge in [0.25, 0.3) is 0 Å². The molecule has 0 spiro atoms. The highest BCUT2D eigenvalue weighted by atomic mass is 16.3. The minimum absolute atomic E-state index is 0.564. The van der Waals surface area contributed by atoms with Crippen molar-refractivity contribution in [3.05, 3.63) is 0 Å². The predicted octanol–water partition coefficient (Wildman–Crippen LogP) is 1.54. The lowest BCUT2D eigenvalue weighted by Gasteiger charge is -2.21. The van der Waals surface area contributed by atoms with Crippen molar-refractivity contribution < 1.29 is 5.11 Å². The van der Waals surface area contributed by atoms with Crippen molar-refractivity contribution in [1.29, 1.82) is 0 Å². The van der Waals surface area contributed by atoms with Crippen LogP contribution in [0.3, 0.4) is 0 Å². The van der Waals surface area contributed by atoms with Crippen LogP contribution >= 0.6 is 0 Å². The van der Waals surface area contributed by atoms with Crippen LogP contribution in [0.1, 0.15) is 40.0 Å². The van der Waals surface area contributed by atoms with E-state index in [1.165, 1.54) is 19.3 Å². The molecule has 1 fully saturated rings. The average molecular weight is 171 g/mol. The molecule has 0 aromatic heterocycles. The minimum atomic E-state index is -0.564. The van der Waals surface area contributed by atoms with E-state index in [4.69, 9.17) is 0 Å². The van der Waals surface area contributed by atoms with Crippen molar-refractivity contribution in [2.75, 3.05) is 6.54 Å². The van der Waals surface area contributed by atoms with Gasteiger partial charge in [0.2, 0.25) is 0 Å². The molecule has 0 aliphatic heterocycles. The van der Waals surface area contributed by atoms with Gasteiger partial charge in [-0.2, -0.15) is 0 Å². The molecular formula is C10H21NO. The molecule has 0 heterocycles. The van der Waals surface area contributed by atoms with Gasteiger partial charge in [-0.05, 0) is 39.0 Å². The van der Waals surface area contributed by atoms with Crippen LogP contribution in [0.5, 0.6) is 0 Å². The SMILES string of the molecule is C[C@@H]1CC[C@@H](NCC(C)(C)O)C1. The largest absolute Gasteiger partial charge is 0.389 e. The van der Waals surface area contributed by atoms with Crippen molar-refractivity contribution in [3.8, 4) is 0 Å². The van der Waals surface area contributed by atoms with E-state index >= 15 is 0 Å². The molecular weight excluding hydrogens is 150 g/mol. The van der Waals surface area contributed by atoms with Gasteiger partial charge in [-0.25, -0.2) is 0 Å². The Hall–Kier alpha value is -0.0800. The molecule has 0 aromatic carbocycles. The molecule has 2 heteroatoms. The zero-order valence-electron chi connectivity index (χ0n) is 8.43. The monoisotopic (exact) mass is 171 g/mol. The van der Waals surface area contributed by atoms with Gasteiger partial charge in [-0.15, -0.1) is 0 Å². The van der Waals surface area contributed by atoms with Gasteiger partial charge in [0, 0.05) is 12.6 Å². The summed E-state index contributed by atoms with van der Waals surface area (Å²) in [7, 11) is 0. The second-order valence-electron chi connectivity index (χ2n) is 4.81. The molecule has 0 bridgehead atoms. The van der Waals surface area contributed by atoms with Crippen molar-refractivity contribution in [3.63, 3.8) is 0 Å². The lowest BCUT2D eigenvalue weighted by Crippen LogP contribution is -2.39. The highest BCUT2D eigenvalue weighted by molar-refractivity contribution is 4.80. The third-order valence-electron chi connectivity index (χ3n) is 2.52. The number of rotatable bonds is 3. The Bertz CT molecular complexity index is 139. The predicted molar refractivity (Wildman–Crippen MR) is 51.1 cm³/mol. The fourth-order valence-electron chi connectivity index (χ4n) is 1.79. The summed E-state index contributed by atoms with van der Waals surface area (Å²) < 4.78 is 0. The Labute approximate surface area is 75.4 Å². The van der Waals surface area contributed by atoms with E-state index in [0.29, 0.717) is 12.6 Å². The Morgan fingerprint density at radius 3 is 2.50 bits per heavy atom. The lowest BCUT2D eigenvalue weighted by molar-refractivity contribution is 0.0765. The van der Waals surface area contributed by atoms with Crippen LogP contribution < -0.4 is 5.32 Å². The molecule has 1 aliphatic rings. The molecule has 0 saturated heterocycles. The summed E-state index contributed by atoms with van der Waals surface area (Å²) in [6, 6.07) is 0.645. The molecule has 1 aliphatic carbocycles. The molecule has 0 aromatic rings. The first-order valence-electron chi connectivity index (χ1n) is 4.93. The van der Waals surface area contributed by atoms with E-state index in [1.807, 2.05) is 13.8 Å². The van der Waals surface area contributed by atoms with Crippen molar-refractivity contribution in [1.82, 2.24) is 5.32 Å². The Kier molecular flexibility index (Phi) is 3.13. The first kappa shape index (κ1) is 10.0. The average Bonchev–Trinajstić information content (AvgIpc) is 2.30. The molecule has 2 atom stereocenters. The fourth-order valence-corrected chi connectivity index (χ4v) is 1.79. The lowest BCUT2D eigenvalue weighted by atomic mass is 10.1. The molecule has 1 rings (SSSR count). The third-order valence-corrected chi connectivity index (χ3v) is 2.52. The summed E-state index contributed by atoms with van der Waals surface area (Å²) in [5, 5.41) is 12.9. The Morgan fingerprint density at radius 2 is 2.08 bits per heavy atom. The summed E-state index contributed by atoms with van der Waals surface area (Å²) in [4.78, 5) is 0. The van der Waals surface area contributed by atoms with Crippen LogP contribution in [-0.2, 0) is 0 Å². The number of nitrogens with one attached hydrogen (secondary N) is 1. The van der Waals surface area contributed by atoms with Crippen LogP contribution in [0.4, 0.5) is 0 Å². The molecule has 72 valence electrons. The first-order valence-corrected chi connectivity index (χ1v) is 4.93. The molecule has 0 unspecified atom stereocenters. The molecule has 0 amide bonds. The smallest absolute Gasteiger partial charge is 0.0715 e. The Balaban J connectivity index is 2.16. The van der Waals surface area contributed by atoms with Gasteiger partial charge in [0.1, 0.15) is 0 Å². The van der Waals surface area contributed by atoms with E-state index < -0.39 is 5.60 Å². The van der Waals surface area contributed by atoms with E-state index in [1.54, 1.807) is 0 Å². The molecule has 2 N–H and O–H groups in total. The maximum atomic E-state index is 9.48. The maximum absolute atomic E-state index is 9.48. The van der Waals surface area contributed by atoms with Gasteiger partial charge in [0.15, 0.2) is 0 Å². The number of hydrogen-bond acceptors (Lipinski definition) is 2. The highest BCUT2D eigenvalue weighted by Gasteiger charge is 2.22. The topological polar surface area (TPSA) is 32.3 Å². The van der Waals surface area contributed by atoms with E-state index in [-0.39, 0.29) is 0 Å². The quantitative estimate of drug-likeness (QED) is 0.675. The van der Waals surface area contributed by atoms with Crippen LogP contribution in [0.25, 0.3) is 0 Å². The summed E-state index contributed by atoms with van der Waals surface area (Å²) in [6.45, 7) is 6.70. The number of aliphatic hydroxyl groups is 1. The molecule has 1 saturated carbocycles. The van der Waals surface area contributed by atoms with Crippen LogP contribution in [0.2, 0.25) is 0 Å². The minimum Gasteiger partial charge on any atom is -0.389 e. The van der Waals surface area contributed by atoms with Crippen molar-refractivity contribution in [2.24, 2.45) is 5.92 Å².